The van der Waals surface area contributed by atoms with Crippen LogP contribution >= 0.6 is 0 Å². The summed E-state index contributed by atoms with van der Waals surface area (Å²) in [5, 5.41) is 6.60. The second kappa shape index (κ2) is 1.08. The fourth-order valence-electron chi connectivity index (χ4n) is 0.216. The average Bonchev–Trinajstić information content (AvgIpc) is 1.86. The van der Waals surface area contributed by atoms with Crippen molar-refractivity contribution in [2.45, 2.75) is 6.92 Å². The van der Waals surface area contributed by atoms with Crippen LogP contribution in [0.2, 0.25) is 0 Å². The summed E-state index contributed by atoms with van der Waals surface area (Å²) in [6.07, 6.45) is 1.56. The molecule has 1 rings (SSSR count). The quantitative estimate of drug-likeness (QED) is 0.423. The molecular formula is C3H4N2O+. The first-order chi connectivity index (χ1) is 2.89. The van der Waals surface area contributed by atoms with Crippen molar-refractivity contribution in [3.63, 3.8) is 0 Å². The highest BCUT2D eigenvalue weighted by molar-refractivity contribution is 4.84. The van der Waals surface area contributed by atoms with Gasteiger partial charge in [-0.2, -0.15) is 0 Å². The molecule has 1 radical (unpaired) electrons. The molecule has 0 aromatic rings. The van der Waals surface area contributed by atoms with E-state index in [0.29, 0.717) is 0 Å². The van der Waals surface area contributed by atoms with E-state index in [9.17, 15) is 0 Å². The number of hydrogen-bond acceptors (Lipinski definition) is 3. The third-order valence-electron chi connectivity index (χ3n) is 0.471. The molecule has 3 heteroatoms. The SMILES string of the molecule is CC1=C[N+]=NO1. The van der Waals surface area contributed by atoms with E-state index in [0.717, 1.165) is 5.76 Å². The molecular weight excluding hydrogens is 80.0 g/mol. The lowest BCUT2D eigenvalue weighted by Crippen LogP contribution is -1.65. The van der Waals surface area contributed by atoms with Gasteiger partial charge in [-0.25, -0.2) is 0 Å². The third kappa shape index (κ3) is 0.381. The van der Waals surface area contributed by atoms with Crippen molar-refractivity contribution >= 4 is 0 Å². The minimum Gasteiger partial charge on any atom is -0.301 e. The van der Waals surface area contributed by atoms with Crippen LogP contribution in [0.25, 0.3) is 0 Å². The predicted molar refractivity (Wildman–Crippen MR) is 19.4 cm³/mol. The Labute approximate surface area is 35.3 Å². The Bertz CT molecular complexity index is 105. The summed E-state index contributed by atoms with van der Waals surface area (Å²) in [5.41, 5.74) is 0. The molecule has 0 fully saturated rings. The molecule has 0 saturated carbocycles. The molecule has 0 aliphatic carbocycles. The summed E-state index contributed by atoms with van der Waals surface area (Å²) in [6.45, 7) is 1.79. The summed E-state index contributed by atoms with van der Waals surface area (Å²) >= 11 is 0. The Kier molecular flexibility index (Phi) is 0.602. The molecule has 0 saturated heterocycles. The predicted octanol–water partition coefficient (Wildman–Crippen LogP) is 0.581. The van der Waals surface area contributed by atoms with E-state index < -0.39 is 0 Å². The van der Waals surface area contributed by atoms with Crippen molar-refractivity contribution in [1.29, 1.82) is 0 Å². The van der Waals surface area contributed by atoms with Crippen LogP contribution in [0.1, 0.15) is 6.92 Å². The molecule has 1 aliphatic rings. The number of nitrogens with zero attached hydrogens (tertiary/aromatic N) is 2. The second-order valence-electron chi connectivity index (χ2n) is 1.03. The van der Waals surface area contributed by atoms with Crippen LogP contribution in [0.3, 0.4) is 0 Å². The summed E-state index contributed by atoms with van der Waals surface area (Å²) in [4.78, 5) is 4.47. The van der Waals surface area contributed by atoms with E-state index in [2.05, 4.69) is 15.2 Å². The molecule has 0 atom stereocenters. The topological polar surface area (TPSA) is 35.7 Å². The van der Waals surface area contributed by atoms with E-state index >= 15 is 0 Å². The molecule has 3 nitrogen and oxygen atoms in total. The molecule has 0 aromatic carbocycles. The first-order valence-electron chi connectivity index (χ1n) is 1.63. The van der Waals surface area contributed by atoms with Crippen LogP contribution in [-0.4, -0.2) is 0 Å². The van der Waals surface area contributed by atoms with Gasteiger partial charge >= 0.3 is 6.20 Å². The number of allylic oxidation sites excluding steroid dienone is 1. The second-order valence-corrected chi connectivity index (χ2v) is 1.03. The highest BCUT2D eigenvalue weighted by Gasteiger charge is 2.04. The maximum Gasteiger partial charge on any atom is 0.322 e. The molecule has 0 amide bonds. The lowest BCUT2D eigenvalue weighted by Gasteiger charge is -1.71. The monoisotopic (exact) mass is 84.0 g/mol. The summed E-state index contributed by atoms with van der Waals surface area (Å²) in [5.74, 6) is 0.745. The van der Waals surface area contributed by atoms with Gasteiger partial charge in [0.15, 0.2) is 0 Å². The van der Waals surface area contributed by atoms with Gasteiger partial charge in [0.05, 0.1) is 0 Å². The molecule has 0 N–H and O–H groups in total. The maximum atomic E-state index is 4.47. The fourth-order valence-corrected chi connectivity index (χ4v) is 0.216. The Balaban J connectivity index is 2.61. The highest BCUT2D eigenvalue weighted by Crippen LogP contribution is 1.96. The first kappa shape index (κ1) is 3.33. The van der Waals surface area contributed by atoms with Crippen molar-refractivity contribution in [3.8, 4) is 0 Å². The molecule has 0 bridgehead atoms. The first-order valence-corrected chi connectivity index (χ1v) is 1.63. The van der Waals surface area contributed by atoms with Gasteiger partial charge < -0.3 is 4.84 Å². The minimum atomic E-state index is 0.745. The van der Waals surface area contributed by atoms with E-state index in [1.165, 1.54) is 0 Å². The van der Waals surface area contributed by atoms with Gasteiger partial charge in [-0.1, -0.05) is 0 Å². The van der Waals surface area contributed by atoms with Crippen LogP contribution in [0.4, 0.5) is 0 Å². The Morgan fingerprint density at radius 2 is 2.83 bits per heavy atom. The van der Waals surface area contributed by atoms with E-state index in [1.807, 2.05) is 0 Å². The van der Waals surface area contributed by atoms with Gasteiger partial charge in [-0.15, -0.1) is 0 Å². The molecule has 6 heavy (non-hydrogen) atoms. The zero-order valence-electron chi connectivity index (χ0n) is 3.38. The minimum absolute atomic E-state index is 0.745. The van der Waals surface area contributed by atoms with Crippen LogP contribution in [0.5, 0.6) is 0 Å². The lowest BCUT2D eigenvalue weighted by molar-refractivity contribution is 0.220. The van der Waals surface area contributed by atoms with Crippen molar-refractivity contribution < 1.29 is 4.84 Å². The van der Waals surface area contributed by atoms with Crippen LogP contribution < -0.4 is 5.11 Å². The average molecular weight is 84.1 g/mol. The maximum absolute atomic E-state index is 4.47. The Morgan fingerprint density at radius 1 is 2.00 bits per heavy atom. The van der Waals surface area contributed by atoms with E-state index in [-0.39, 0.29) is 0 Å². The molecule has 0 aromatic heterocycles. The summed E-state index contributed by atoms with van der Waals surface area (Å²) in [7, 11) is 0. The molecule has 0 spiro atoms. The molecule has 1 aliphatic heterocycles. The van der Waals surface area contributed by atoms with Gasteiger partial charge in [-0.3, -0.25) is 0 Å². The van der Waals surface area contributed by atoms with Crippen molar-refractivity contribution in [2.75, 3.05) is 0 Å². The molecule has 1 heterocycles. The fraction of sp³-hybridized carbons (Fsp3) is 0.333. The van der Waals surface area contributed by atoms with Gasteiger partial charge in [0, 0.05) is 6.92 Å². The molecule has 0 unspecified atom stereocenters. The lowest BCUT2D eigenvalue weighted by atomic mass is 10.6. The Hall–Kier alpha value is -0.860. The molecule has 31 valence electrons. The van der Waals surface area contributed by atoms with Crippen LogP contribution in [0.15, 0.2) is 17.2 Å². The summed E-state index contributed by atoms with van der Waals surface area (Å²) < 4.78 is 0. The van der Waals surface area contributed by atoms with Gasteiger partial charge in [0.2, 0.25) is 10.9 Å². The Morgan fingerprint density at radius 3 is 3.00 bits per heavy atom. The van der Waals surface area contributed by atoms with Crippen LogP contribution in [0, 0.1) is 0 Å². The smallest absolute Gasteiger partial charge is 0.301 e. The van der Waals surface area contributed by atoms with Gasteiger partial charge in [0.1, 0.15) is 0 Å². The zero-order chi connectivity index (χ0) is 4.41. The third-order valence-corrected chi connectivity index (χ3v) is 0.471. The normalized spacial score (nSPS) is 17.2. The van der Waals surface area contributed by atoms with Crippen molar-refractivity contribution in [1.82, 2.24) is 5.11 Å². The zero-order valence-corrected chi connectivity index (χ0v) is 3.38. The van der Waals surface area contributed by atoms with Crippen molar-refractivity contribution in [2.24, 2.45) is 5.28 Å². The van der Waals surface area contributed by atoms with E-state index in [4.69, 9.17) is 0 Å². The number of hydrogen-bond donors (Lipinski definition) is 0. The highest BCUT2D eigenvalue weighted by atomic mass is 16.7. The van der Waals surface area contributed by atoms with E-state index in [1.54, 1.807) is 13.1 Å². The van der Waals surface area contributed by atoms with Gasteiger partial charge in [-0.05, 0) is 0 Å². The standard InChI is InChI=1S/C3H4N2O/c1-3-2-4-5-6-3/h2H,1H3/q+1. The summed E-state index contributed by atoms with van der Waals surface area (Å²) in [6, 6.07) is 0. The van der Waals surface area contributed by atoms with Crippen molar-refractivity contribution in [3.05, 3.63) is 12.0 Å². The largest absolute Gasteiger partial charge is 0.322 e. The number of rotatable bonds is 0. The van der Waals surface area contributed by atoms with Crippen LogP contribution in [-0.2, 0) is 4.84 Å². The van der Waals surface area contributed by atoms with Gasteiger partial charge in [0.25, 0.3) is 5.28 Å².